The lowest BCUT2D eigenvalue weighted by Gasteiger charge is -2.12. The van der Waals surface area contributed by atoms with Gasteiger partial charge >= 0.3 is 0 Å². The van der Waals surface area contributed by atoms with Crippen LogP contribution in [0.15, 0.2) is 22.1 Å². The molecule has 2 rings (SSSR count). The van der Waals surface area contributed by atoms with Gasteiger partial charge in [-0.3, -0.25) is 0 Å². The van der Waals surface area contributed by atoms with E-state index in [1.807, 2.05) is 13.8 Å². The zero-order valence-electron chi connectivity index (χ0n) is 11.0. The Morgan fingerprint density at radius 1 is 1.47 bits per heavy atom. The number of rotatable bonds is 5. The van der Waals surface area contributed by atoms with Crippen LogP contribution >= 0.6 is 0 Å². The molecule has 2 aromatic heterocycles. The number of hydrogen-bond donors (Lipinski definition) is 2. The fourth-order valence-electron chi connectivity index (χ4n) is 1.86. The molecule has 2 N–H and O–H groups in total. The highest BCUT2D eigenvalue weighted by molar-refractivity contribution is 7.89. The topological polar surface area (TPSA) is 101 Å². The first-order valence-corrected chi connectivity index (χ1v) is 7.32. The minimum absolute atomic E-state index is 0.0851. The number of nitrogens with zero attached hydrogens (tertiary/aromatic N) is 2. The van der Waals surface area contributed by atoms with Crippen molar-refractivity contribution in [2.75, 3.05) is 0 Å². The van der Waals surface area contributed by atoms with Gasteiger partial charge in [0.05, 0.1) is 5.69 Å². The van der Waals surface area contributed by atoms with Crippen LogP contribution in [0.4, 0.5) is 0 Å². The smallest absolute Gasteiger partial charge is 0.274 e. The summed E-state index contributed by atoms with van der Waals surface area (Å²) in [7, 11) is -3.61. The van der Waals surface area contributed by atoms with Gasteiger partial charge in [0.25, 0.3) is 10.0 Å². The molecule has 19 heavy (non-hydrogen) atoms. The molecule has 2 aromatic rings. The maximum Gasteiger partial charge on any atom is 0.274 e. The number of imidazole rings is 1. The molecule has 0 aromatic carbocycles. The lowest BCUT2D eigenvalue weighted by molar-refractivity contribution is 0.392. The van der Waals surface area contributed by atoms with Crippen LogP contribution in [0.2, 0.25) is 0 Å². The van der Waals surface area contributed by atoms with Gasteiger partial charge in [0.2, 0.25) is 5.16 Å². The summed E-state index contributed by atoms with van der Waals surface area (Å²) in [4.78, 5) is 6.31. The van der Waals surface area contributed by atoms with E-state index in [1.54, 1.807) is 6.92 Å². The van der Waals surface area contributed by atoms with Crippen molar-refractivity contribution in [2.45, 2.75) is 38.4 Å². The van der Waals surface area contributed by atoms with Gasteiger partial charge in [-0.05, 0) is 27.2 Å². The summed E-state index contributed by atoms with van der Waals surface area (Å²) < 4.78 is 31.5. The Morgan fingerprint density at radius 3 is 2.74 bits per heavy atom. The van der Waals surface area contributed by atoms with Gasteiger partial charge in [0, 0.05) is 24.0 Å². The van der Waals surface area contributed by atoms with Crippen molar-refractivity contribution in [2.24, 2.45) is 0 Å². The average molecular weight is 284 g/mol. The van der Waals surface area contributed by atoms with Gasteiger partial charge in [0.15, 0.2) is 0 Å². The summed E-state index contributed by atoms with van der Waals surface area (Å²) in [6.45, 7) is 5.43. The second-order valence-electron chi connectivity index (χ2n) is 4.42. The summed E-state index contributed by atoms with van der Waals surface area (Å²) in [6.07, 6.45) is 3.38. The van der Waals surface area contributed by atoms with Crippen molar-refractivity contribution in [3.05, 3.63) is 29.4 Å². The number of nitrogens with one attached hydrogen (secondary N) is 2. The number of hydrogen-bond acceptors (Lipinski definition) is 5. The Hall–Kier alpha value is -1.67. The number of sulfonamides is 1. The van der Waals surface area contributed by atoms with E-state index in [0.29, 0.717) is 12.2 Å². The number of aromatic nitrogens is 3. The summed E-state index contributed by atoms with van der Waals surface area (Å²) in [6, 6.07) is -0.285. The normalized spacial score (nSPS) is 13.6. The van der Waals surface area contributed by atoms with E-state index in [9.17, 15) is 8.42 Å². The summed E-state index contributed by atoms with van der Waals surface area (Å²) in [5.74, 6) is 0.710. The zero-order chi connectivity index (χ0) is 14.0. The molecule has 0 radical (unpaired) electrons. The summed E-state index contributed by atoms with van der Waals surface area (Å²) >= 11 is 0. The first kappa shape index (κ1) is 13.8. The predicted molar refractivity (Wildman–Crippen MR) is 68.1 cm³/mol. The second-order valence-corrected chi connectivity index (χ2v) is 6.05. The number of aryl methyl sites for hydroxylation is 2. The highest BCUT2D eigenvalue weighted by Gasteiger charge is 2.21. The van der Waals surface area contributed by atoms with Crippen molar-refractivity contribution in [1.82, 2.24) is 19.8 Å². The Labute approximate surface area is 111 Å². The molecule has 0 bridgehead atoms. The predicted octanol–water partition coefficient (Wildman–Crippen LogP) is 0.924. The maximum absolute atomic E-state index is 12.0. The van der Waals surface area contributed by atoms with Crippen molar-refractivity contribution in [3.8, 4) is 0 Å². The molecule has 0 saturated heterocycles. The lowest BCUT2D eigenvalue weighted by atomic mass is 10.1. The molecule has 1 unspecified atom stereocenters. The highest BCUT2D eigenvalue weighted by Crippen LogP contribution is 2.15. The minimum atomic E-state index is -3.61. The van der Waals surface area contributed by atoms with Gasteiger partial charge < -0.3 is 9.51 Å². The molecule has 1 atom stereocenters. The van der Waals surface area contributed by atoms with Crippen molar-refractivity contribution in [3.63, 3.8) is 0 Å². The lowest BCUT2D eigenvalue weighted by Crippen LogP contribution is -2.34. The first-order chi connectivity index (χ1) is 8.90. The molecular weight excluding hydrogens is 268 g/mol. The Balaban J connectivity index is 2.08. The standard InChI is InChI=1S/C11H16N4O3S/c1-7(6-10-8(2)14-18-9(10)3)15-19(16,17)11-12-4-5-13-11/h4-5,7,15H,6H2,1-3H3,(H,12,13). The third-order valence-corrected chi connectivity index (χ3v) is 4.22. The van der Waals surface area contributed by atoms with Crippen LogP contribution in [0.5, 0.6) is 0 Å². The third kappa shape index (κ3) is 3.02. The third-order valence-electron chi connectivity index (χ3n) is 2.78. The SMILES string of the molecule is Cc1noc(C)c1CC(C)NS(=O)(=O)c1ncc[nH]1. The van der Waals surface area contributed by atoms with E-state index in [1.165, 1.54) is 12.4 Å². The van der Waals surface area contributed by atoms with Crippen molar-refractivity contribution < 1.29 is 12.9 Å². The minimum Gasteiger partial charge on any atom is -0.361 e. The van der Waals surface area contributed by atoms with E-state index >= 15 is 0 Å². The molecule has 0 amide bonds. The highest BCUT2D eigenvalue weighted by atomic mass is 32.2. The van der Waals surface area contributed by atoms with Crippen LogP contribution in [0, 0.1) is 13.8 Å². The van der Waals surface area contributed by atoms with E-state index in [0.717, 1.165) is 11.3 Å². The van der Waals surface area contributed by atoms with Crippen LogP contribution in [-0.2, 0) is 16.4 Å². The zero-order valence-corrected chi connectivity index (χ0v) is 11.8. The molecule has 0 aliphatic heterocycles. The van der Waals surface area contributed by atoms with Crippen LogP contribution in [-0.4, -0.2) is 29.6 Å². The quantitative estimate of drug-likeness (QED) is 0.850. The van der Waals surface area contributed by atoms with Crippen molar-refractivity contribution >= 4 is 10.0 Å². The number of aromatic amines is 1. The molecule has 104 valence electrons. The van der Waals surface area contributed by atoms with Gasteiger partial charge in [0.1, 0.15) is 5.76 Å². The molecule has 0 aliphatic carbocycles. The van der Waals surface area contributed by atoms with Gasteiger partial charge in [-0.15, -0.1) is 0 Å². The number of H-pyrrole nitrogens is 1. The van der Waals surface area contributed by atoms with E-state index < -0.39 is 10.0 Å². The average Bonchev–Trinajstić information content (AvgIpc) is 2.94. The molecule has 0 aliphatic rings. The fraction of sp³-hybridized carbons (Fsp3) is 0.455. The van der Waals surface area contributed by atoms with Gasteiger partial charge in [-0.1, -0.05) is 5.16 Å². The Morgan fingerprint density at radius 2 is 2.21 bits per heavy atom. The molecule has 7 nitrogen and oxygen atoms in total. The van der Waals surface area contributed by atoms with Crippen LogP contribution in [0.25, 0.3) is 0 Å². The van der Waals surface area contributed by atoms with Gasteiger partial charge in [-0.25, -0.2) is 18.1 Å². The maximum atomic E-state index is 12.0. The van der Waals surface area contributed by atoms with E-state index in [4.69, 9.17) is 4.52 Å². The van der Waals surface area contributed by atoms with Crippen LogP contribution in [0.3, 0.4) is 0 Å². The molecule has 0 saturated carbocycles. The summed E-state index contributed by atoms with van der Waals surface area (Å²) in [5, 5.41) is 3.76. The van der Waals surface area contributed by atoms with Crippen LogP contribution < -0.4 is 4.72 Å². The van der Waals surface area contributed by atoms with E-state index in [-0.39, 0.29) is 11.2 Å². The molecule has 2 heterocycles. The monoisotopic (exact) mass is 284 g/mol. The molecule has 0 fully saturated rings. The Bertz CT molecular complexity index is 626. The van der Waals surface area contributed by atoms with E-state index in [2.05, 4.69) is 19.8 Å². The van der Waals surface area contributed by atoms with Crippen molar-refractivity contribution in [1.29, 1.82) is 0 Å². The summed E-state index contributed by atoms with van der Waals surface area (Å²) in [5.41, 5.74) is 1.70. The van der Waals surface area contributed by atoms with Crippen LogP contribution in [0.1, 0.15) is 23.9 Å². The first-order valence-electron chi connectivity index (χ1n) is 5.83. The molecule has 0 spiro atoms. The molecule has 8 heteroatoms. The Kier molecular flexibility index (Phi) is 3.72. The largest absolute Gasteiger partial charge is 0.361 e. The molecular formula is C11H16N4O3S. The van der Waals surface area contributed by atoms with Gasteiger partial charge in [-0.2, -0.15) is 0 Å². The second kappa shape index (κ2) is 5.14. The fourth-order valence-corrected chi connectivity index (χ4v) is 3.01.